The monoisotopic (exact) mass is 771 g/mol. The molecule has 54 heavy (non-hydrogen) atoms. The Labute approximate surface area is 331 Å². The van der Waals surface area contributed by atoms with E-state index in [1.54, 1.807) is 0 Å². The van der Waals surface area contributed by atoms with E-state index in [4.69, 9.17) is 18.9 Å². The third kappa shape index (κ3) is 28.3. The minimum atomic E-state index is -1.53. The largest absolute Gasteiger partial charge is 0.457 e. The average Bonchev–Trinajstić information content (AvgIpc) is 3.17. The second-order valence-corrected chi connectivity index (χ2v) is 15.9. The lowest BCUT2D eigenvalue weighted by atomic mass is 9.99. The van der Waals surface area contributed by atoms with Gasteiger partial charge in [-0.3, -0.25) is 4.79 Å². The second-order valence-electron chi connectivity index (χ2n) is 15.9. The van der Waals surface area contributed by atoms with Crippen molar-refractivity contribution in [1.29, 1.82) is 0 Å². The predicted octanol–water partition coefficient (Wildman–Crippen LogP) is 10.0. The van der Waals surface area contributed by atoms with Crippen molar-refractivity contribution in [3.8, 4) is 0 Å². The Morgan fingerprint density at radius 2 is 1.02 bits per heavy atom. The van der Waals surface area contributed by atoms with Gasteiger partial charge in [-0.15, -0.1) is 0 Å². The number of rotatable bonds is 39. The zero-order chi connectivity index (χ0) is 39.3. The molecule has 1 saturated heterocycles. The van der Waals surface area contributed by atoms with Gasteiger partial charge in [-0.05, 0) is 38.5 Å². The lowest BCUT2D eigenvalue weighted by Gasteiger charge is -2.39. The molecule has 0 amide bonds. The molecule has 6 atom stereocenters. The van der Waals surface area contributed by atoms with E-state index >= 15 is 0 Å². The first kappa shape index (κ1) is 50.9. The molecule has 320 valence electrons. The Balaban J connectivity index is 2.26. The fourth-order valence-corrected chi connectivity index (χ4v) is 7.08. The van der Waals surface area contributed by atoms with Crippen LogP contribution < -0.4 is 0 Å². The van der Waals surface area contributed by atoms with Crippen molar-refractivity contribution in [3.63, 3.8) is 0 Å². The first-order chi connectivity index (χ1) is 26.4. The Morgan fingerprint density at radius 1 is 0.574 bits per heavy atom. The van der Waals surface area contributed by atoms with E-state index in [9.17, 15) is 25.2 Å². The minimum Gasteiger partial charge on any atom is -0.457 e. The number of esters is 1. The van der Waals surface area contributed by atoms with Crippen LogP contribution in [0.1, 0.15) is 206 Å². The second kappa shape index (κ2) is 37.5. The number of unbranched alkanes of at least 4 members (excludes halogenated alkanes) is 26. The van der Waals surface area contributed by atoms with Crippen molar-refractivity contribution < 1.29 is 44.2 Å². The van der Waals surface area contributed by atoms with Gasteiger partial charge < -0.3 is 39.4 Å². The SMILES string of the molecule is CCCCCCCC/C=C\CCCCCCCC(=O)OC(COCCCCCCCCCCCCCCCCCC)COC1OC(CO)C(O)C(O)C1O. The molecule has 1 aliphatic heterocycles. The van der Waals surface area contributed by atoms with Gasteiger partial charge in [-0.2, -0.15) is 0 Å². The number of aliphatic hydroxyl groups is 4. The first-order valence-electron chi connectivity index (χ1n) is 22.8. The summed E-state index contributed by atoms with van der Waals surface area (Å²) in [5.74, 6) is -0.318. The Hall–Kier alpha value is -1.07. The standard InChI is InChI=1S/C45H86O9/c1-3-5-7-9-11-13-15-17-19-21-23-25-27-29-31-33-35-51-37-39(38-52-45-44(50)43(49)42(48)40(36-46)54-45)53-41(47)34-32-30-28-26-24-22-20-18-16-14-12-10-8-6-4-2/h18,20,39-40,42-46,48-50H,3-17,19,21-38H2,1-2H3/b20-18-. The summed E-state index contributed by atoms with van der Waals surface area (Å²) in [6, 6.07) is 0. The van der Waals surface area contributed by atoms with Crippen LogP contribution in [0, 0.1) is 0 Å². The van der Waals surface area contributed by atoms with Crippen LogP contribution >= 0.6 is 0 Å². The van der Waals surface area contributed by atoms with Crippen LogP contribution in [0.5, 0.6) is 0 Å². The van der Waals surface area contributed by atoms with Crippen molar-refractivity contribution in [2.45, 2.75) is 243 Å². The topological polar surface area (TPSA) is 135 Å². The number of hydrogen-bond acceptors (Lipinski definition) is 9. The molecule has 4 N–H and O–H groups in total. The number of hydrogen-bond donors (Lipinski definition) is 4. The molecule has 9 heteroatoms. The molecule has 0 aromatic rings. The van der Waals surface area contributed by atoms with Crippen molar-refractivity contribution >= 4 is 5.97 Å². The summed E-state index contributed by atoms with van der Waals surface area (Å²) in [5, 5.41) is 40.1. The molecule has 0 radical (unpaired) electrons. The van der Waals surface area contributed by atoms with Crippen molar-refractivity contribution in [3.05, 3.63) is 12.2 Å². The molecule has 1 fully saturated rings. The van der Waals surface area contributed by atoms with Crippen LogP contribution in [-0.2, 0) is 23.7 Å². The van der Waals surface area contributed by atoms with E-state index in [0.29, 0.717) is 13.0 Å². The first-order valence-corrected chi connectivity index (χ1v) is 22.8. The summed E-state index contributed by atoms with van der Waals surface area (Å²) in [7, 11) is 0. The summed E-state index contributed by atoms with van der Waals surface area (Å²) in [5.41, 5.74) is 0. The van der Waals surface area contributed by atoms with Gasteiger partial charge in [0.1, 0.15) is 30.5 Å². The Kier molecular flexibility index (Phi) is 35.4. The molecule has 0 aromatic heterocycles. The highest BCUT2D eigenvalue weighted by molar-refractivity contribution is 5.69. The van der Waals surface area contributed by atoms with E-state index in [-0.39, 0.29) is 19.2 Å². The quantitative estimate of drug-likeness (QED) is 0.0274. The number of allylic oxidation sites excluding steroid dienone is 2. The molecule has 0 aliphatic carbocycles. The van der Waals surface area contributed by atoms with Crippen LogP contribution in [0.4, 0.5) is 0 Å². The van der Waals surface area contributed by atoms with Crippen LogP contribution in [0.15, 0.2) is 12.2 Å². The molecule has 0 spiro atoms. The number of ether oxygens (including phenoxy) is 4. The zero-order valence-electron chi connectivity index (χ0n) is 35.0. The Bertz CT molecular complexity index is 838. The number of carbonyl (C=O) groups excluding carboxylic acids is 1. The maximum Gasteiger partial charge on any atom is 0.306 e. The zero-order valence-corrected chi connectivity index (χ0v) is 35.0. The molecule has 1 aliphatic rings. The predicted molar refractivity (Wildman–Crippen MR) is 219 cm³/mol. The van der Waals surface area contributed by atoms with E-state index in [1.165, 1.54) is 141 Å². The van der Waals surface area contributed by atoms with Crippen LogP contribution in [-0.4, -0.2) is 89.6 Å². The molecule has 0 aromatic carbocycles. The van der Waals surface area contributed by atoms with Gasteiger partial charge in [-0.25, -0.2) is 0 Å². The normalized spacial score (nSPS) is 20.9. The summed E-state index contributed by atoms with van der Waals surface area (Å²) in [6.07, 6.45) is 33.7. The van der Waals surface area contributed by atoms with Gasteiger partial charge in [0.2, 0.25) is 0 Å². The summed E-state index contributed by atoms with van der Waals surface area (Å²) in [6.45, 7) is 4.58. The van der Waals surface area contributed by atoms with Crippen LogP contribution in [0.25, 0.3) is 0 Å². The highest BCUT2D eigenvalue weighted by atomic mass is 16.7. The fraction of sp³-hybridized carbons (Fsp3) is 0.933. The molecular weight excluding hydrogens is 684 g/mol. The molecular formula is C45H86O9. The summed E-state index contributed by atoms with van der Waals surface area (Å²) in [4.78, 5) is 12.8. The van der Waals surface area contributed by atoms with Gasteiger partial charge in [0.25, 0.3) is 0 Å². The highest BCUT2D eigenvalue weighted by Crippen LogP contribution is 2.23. The fourth-order valence-electron chi connectivity index (χ4n) is 7.08. The third-order valence-corrected chi connectivity index (χ3v) is 10.7. The maximum atomic E-state index is 12.8. The summed E-state index contributed by atoms with van der Waals surface area (Å²) >= 11 is 0. The summed E-state index contributed by atoms with van der Waals surface area (Å²) < 4.78 is 22.8. The van der Waals surface area contributed by atoms with Gasteiger partial charge >= 0.3 is 5.97 Å². The van der Waals surface area contributed by atoms with E-state index in [0.717, 1.165) is 44.9 Å². The number of carbonyl (C=O) groups is 1. The van der Waals surface area contributed by atoms with E-state index < -0.39 is 43.4 Å². The molecule has 1 heterocycles. The molecule has 1 rings (SSSR count). The van der Waals surface area contributed by atoms with Crippen LogP contribution in [0.3, 0.4) is 0 Å². The lowest BCUT2D eigenvalue weighted by Crippen LogP contribution is -2.59. The highest BCUT2D eigenvalue weighted by Gasteiger charge is 2.44. The number of aliphatic hydroxyl groups excluding tert-OH is 4. The van der Waals surface area contributed by atoms with Gasteiger partial charge in [0.05, 0.1) is 19.8 Å². The van der Waals surface area contributed by atoms with Gasteiger partial charge in [0, 0.05) is 13.0 Å². The Morgan fingerprint density at radius 3 is 1.50 bits per heavy atom. The third-order valence-electron chi connectivity index (χ3n) is 10.7. The van der Waals surface area contributed by atoms with Gasteiger partial charge in [-0.1, -0.05) is 174 Å². The van der Waals surface area contributed by atoms with Crippen LogP contribution in [0.2, 0.25) is 0 Å². The van der Waals surface area contributed by atoms with E-state index in [2.05, 4.69) is 26.0 Å². The average molecular weight is 771 g/mol. The molecule has 0 saturated carbocycles. The van der Waals surface area contributed by atoms with Crippen molar-refractivity contribution in [2.75, 3.05) is 26.4 Å². The van der Waals surface area contributed by atoms with Crippen molar-refractivity contribution in [2.24, 2.45) is 0 Å². The molecule has 9 nitrogen and oxygen atoms in total. The molecule has 6 unspecified atom stereocenters. The lowest BCUT2D eigenvalue weighted by molar-refractivity contribution is -0.305. The minimum absolute atomic E-state index is 0.111. The maximum absolute atomic E-state index is 12.8. The van der Waals surface area contributed by atoms with Gasteiger partial charge in [0.15, 0.2) is 6.29 Å². The van der Waals surface area contributed by atoms with E-state index in [1.807, 2.05) is 0 Å². The van der Waals surface area contributed by atoms with Crippen molar-refractivity contribution in [1.82, 2.24) is 0 Å². The smallest absolute Gasteiger partial charge is 0.306 e. The molecule has 0 bridgehead atoms.